The van der Waals surface area contributed by atoms with Crippen molar-refractivity contribution in [1.29, 1.82) is 0 Å². The molecule has 2 unspecified atom stereocenters. The van der Waals surface area contributed by atoms with Crippen LogP contribution in [0.4, 0.5) is 0 Å². The van der Waals surface area contributed by atoms with Crippen LogP contribution in [-0.4, -0.2) is 45.5 Å². The van der Waals surface area contributed by atoms with Gasteiger partial charge in [-0.25, -0.2) is 0 Å². The number of ether oxygens (including phenoxy) is 1. The molecule has 0 aromatic carbocycles. The normalized spacial score (nSPS) is 21.8. The number of hydrogen-bond donors (Lipinski definition) is 0. The van der Waals surface area contributed by atoms with Gasteiger partial charge in [-0.3, -0.25) is 14.6 Å². The molecule has 2 aromatic rings. The summed E-state index contributed by atoms with van der Waals surface area (Å²) >= 11 is 0. The van der Waals surface area contributed by atoms with E-state index >= 15 is 0 Å². The SMILES string of the molecule is CC(c1cccnc1)N1CCOC(Cn2cccn2)C1. The minimum atomic E-state index is 0.197. The van der Waals surface area contributed by atoms with Crippen molar-refractivity contribution in [3.63, 3.8) is 0 Å². The zero-order valence-electron chi connectivity index (χ0n) is 11.7. The summed E-state index contributed by atoms with van der Waals surface area (Å²) in [4.78, 5) is 6.66. The first kappa shape index (κ1) is 13.3. The third kappa shape index (κ3) is 3.05. The van der Waals surface area contributed by atoms with Crippen molar-refractivity contribution < 1.29 is 4.74 Å². The number of hydrogen-bond acceptors (Lipinski definition) is 4. The molecule has 20 heavy (non-hydrogen) atoms. The lowest BCUT2D eigenvalue weighted by Crippen LogP contribution is -2.45. The Morgan fingerprint density at radius 3 is 3.10 bits per heavy atom. The molecule has 1 aliphatic heterocycles. The Labute approximate surface area is 119 Å². The number of nitrogens with zero attached hydrogens (tertiary/aromatic N) is 4. The van der Waals surface area contributed by atoms with Gasteiger partial charge in [0.25, 0.3) is 0 Å². The van der Waals surface area contributed by atoms with Crippen LogP contribution >= 0.6 is 0 Å². The van der Waals surface area contributed by atoms with E-state index in [0.29, 0.717) is 6.04 Å². The number of rotatable bonds is 4. The summed E-state index contributed by atoms with van der Waals surface area (Å²) < 4.78 is 7.78. The molecule has 106 valence electrons. The highest BCUT2D eigenvalue weighted by Crippen LogP contribution is 2.22. The molecule has 3 heterocycles. The average molecular weight is 272 g/mol. The minimum Gasteiger partial charge on any atom is -0.374 e. The summed E-state index contributed by atoms with van der Waals surface area (Å²) in [5.41, 5.74) is 1.26. The maximum atomic E-state index is 5.85. The molecule has 1 saturated heterocycles. The van der Waals surface area contributed by atoms with E-state index in [1.54, 1.807) is 6.20 Å². The summed E-state index contributed by atoms with van der Waals surface area (Å²) in [5.74, 6) is 0. The van der Waals surface area contributed by atoms with E-state index in [9.17, 15) is 0 Å². The lowest BCUT2D eigenvalue weighted by atomic mass is 10.1. The quantitative estimate of drug-likeness (QED) is 0.850. The maximum Gasteiger partial charge on any atom is 0.0898 e. The molecule has 0 radical (unpaired) electrons. The van der Waals surface area contributed by atoms with Gasteiger partial charge in [-0.05, 0) is 24.6 Å². The molecule has 2 atom stereocenters. The molecule has 0 saturated carbocycles. The highest BCUT2D eigenvalue weighted by atomic mass is 16.5. The molecule has 1 fully saturated rings. The maximum absolute atomic E-state index is 5.85. The first-order valence-electron chi connectivity index (χ1n) is 7.06. The molecule has 0 aliphatic carbocycles. The lowest BCUT2D eigenvalue weighted by Gasteiger charge is -2.36. The first-order valence-corrected chi connectivity index (χ1v) is 7.06. The Balaban J connectivity index is 1.63. The topological polar surface area (TPSA) is 43.2 Å². The summed E-state index contributed by atoms with van der Waals surface area (Å²) in [6, 6.07) is 6.44. The van der Waals surface area contributed by atoms with Crippen molar-refractivity contribution >= 4 is 0 Å². The van der Waals surface area contributed by atoms with Crippen LogP contribution in [-0.2, 0) is 11.3 Å². The first-order chi connectivity index (χ1) is 9.83. The minimum absolute atomic E-state index is 0.197. The van der Waals surface area contributed by atoms with E-state index in [1.165, 1.54) is 5.56 Å². The van der Waals surface area contributed by atoms with Gasteiger partial charge >= 0.3 is 0 Å². The Kier molecular flexibility index (Phi) is 4.08. The van der Waals surface area contributed by atoms with E-state index in [-0.39, 0.29) is 6.10 Å². The van der Waals surface area contributed by atoms with E-state index in [2.05, 4.69) is 28.0 Å². The molecule has 0 spiro atoms. The van der Waals surface area contributed by atoms with Crippen LogP contribution in [0.1, 0.15) is 18.5 Å². The van der Waals surface area contributed by atoms with Crippen molar-refractivity contribution in [2.24, 2.45) is 0 Å². The zero-order valence-corrected chi connectivity index (χ0v) is 11.7. The van der Waals surface area contributed by atoms with Crippen LogP contribution in [0, 0.1) is 0 Å². The molecule has 0 N–H and O–H groups in total. The highest BCUT2D eigenvalue weighted by molar-refractivity contribution is 5.13. The second-order valence-corrected chi connectivity index (χ2v) is 5.18. The number of morpholine rings is 1. The standard InChI is InChI=1S/C15H20N4O/c1-13(14-4-2-5-16-10-14)18-8-9-20-15(11-18)12-19-7-3-6-17-19/h2-7,10,13,15H,8-9,11-12H2,1H3. The van der Waals surface area contributed by atoms with E-state index in [1.807, 2.05) is 35.4 Å². The third-order valence-corrected chi connectivity index (χ3v) is 3.83. The van der Waals surface area contributed by atoms with Crippen LogP contribution < -0.4 is 0 Å². The van der Waals surface area contributed by atoms with E-state index in [0.717, 1.165) is 26.2 Å². The van der Waals surface area contributed by atoms with Gasteiger partial charge in [-0.15, -0.1) is 0 Å². The van der Waals surface area contributed by atoms with Crippen LogP contribution in [0.15, 0.2) is 43.0 Å². The highest BCUT2D eigenvalue weighted by Gasteiger charge is 2.25. The van der Waals surface area contributed by atoms with Crippen molar-refractivity contribution in [2.45, 2.75) is 25.6 Å². The molecule has 2 aromatic heterocycles. The van der Waals surface area contributed by atoms with Gasteiger partial charge in [-0.1, -0.05) is 6.07 Å². The summed E-state index contributed by atoms with van der Waals surface area (Å²) in [6.45, 7) is 5.70. The van der Waals surface area contributed by atoms with Gasteiger partial charge in [-0.2, -0.15) is 5.10 Å². The predicted molar refractivity (Wildman–Crippen MR) is 76.2 cm³/mol. The van der Waals surface area contributed by atoms with Gasteiger partial charge in [0.05, 0.1) is 19.3 Å². The van der Waals surface area contributed by atoms with Crippen molar-refractivity contribution in [1.82, 2.24) is 19.7 Å². The Morgan fingerprint density at radius 1 is 1.40 bits per heavy atom. The molecule has 3 rings (SSSR count). The molecule has 1 aliphatic rings. The summed E-state index contributed by atoms with van der Waals surface area (Å²) in [7, 11) is 0. The number of pyridine rings is 1. The fourth-order valence-corrected chi connectivity index (χ4v) is 2.66. The average Bonchev–Trinajstić information content (AvgIpc) is 3.01. The lowest BCUT2D eigenvalue weighted by molar-refractivity contribution is -0.0497. The van der Waals surface area contributed by atoms with Gasteiger partial charge in [0.2, 0.25) is 0 Å². The molecule has 0 bridgehead atoms. The van der Waals surface area contributed by atoms with Gasteiger partial charge in [0, 0.05) is 43.9 Å². The van der Waals surface area contributed by atoms with Crippen LogP contribution in [0.2, 0.25) is 0 Å². The second kappa shape index (κ2) is 6.15. The van der Waals surface area contributed by atoms with Gasteiger partial charge in [0.15, 0.2) is 0 Å². The smallest absolute Gasteiger partial charge is 0.0898 e. The predicted octanol–water partition coefficient (Wildman–Crippen LogP) is 1.74. The molecule has 5 heteroatoms. The molecular formula is C15H20N4O. The zero-order chi connectivity index (χ0) is 13.8. The Bertz CT molecular complexity index is 514. The largest absolute Gasteiger partial charge is 0.374 e. The fraction of sp³-hybridized carbons (Fsp3) is 0.467. The van der Waals surface area contributed by atoms with Crippen molar-refractivity contribution in [2.75, 3.05) is 19.7 Å². The Hall–Kier alpha value is -1.72. The number of aromatic nitrogens is 3. The molecule has 0 amide bonds. The van der Waals surface area contributed by atoms with E-state index < -0.39 is 0 Å². The van der Waals surface area contributed by atoms with Crippen LogP contribution in [0.25, 0.3) is 0 Å². The van der Waals surface area contributed by atoms with Gasteiger partial charge in [0.1, 0.15) is 0 Å². The van der Waals surface area contributed by atoms with Gasteiger partial charge < -0.3 is 4.74 Å². The van der Waals surface area contributed by atoms with Crippen LogP contribution in [0.3, 0.4) is 0 Å². The monoisotopic (exact) mass is 272 g/mol. The second-order valence-electron chi connectivity index (χ2n) is 5.18. The van der Waals surface area contributed by atoms with Crippen LogP contribution in [0.5, 0.6) is 0 Å². The molecular weight excluding hydrogens is 252 g/mol. The van der Waals surface area contributed by atoms with Crippen molar-refractivity contribution in [3.05, 3.63) is 48.5 Å². The summed E-state index contributed by atoms with van der Waals surface area (Å²) in [6.07, 6.45) is 7.74. The summed E-state index contributed by atoms with van der Waals surface area (Å²) in [5, 5.41) is 4.25. The fourth-order valence-electron chi connectivity index (χ4n) is 2.66. The Morgan fingerprint density at radius 2 is 2.35 bits per heavy atom. The van der Waals surface area contributed by atoms with Crippen molar-refractivity contribution in [3.8, 4) is 0 Å². The van der Waals surface area contributed by atoms with E-state index in [4.69, 9.17) is 4.74 Å². The molecule has 5 nitrogen and oxygen atoms in total. The third-order valence-electron chi connectivity index (χ3n) is 3.83.